The third-order valence-electron chi connectivity index (χ3n) is 4.29. The van der Waals surface area contributed by atoms with Crippen molar-refractivity contribution >= 4 is 22.6 Å². The molecule has 2 aromatic heterocycles. The van der Waals surface area contributed by atoms with E-state index in [-0.39, 0.29) is 18.0 Å². The fourth-order valence-corrected chi connectivity index (χ4v) is 2.95. The standard InChI is InChI=1S/C20H17N5O3/c1-28-17-9-5-3-6-13(17)16-10-18(24-23-16)22-19(26)11-25-12-21-15-8-4-2-7-14(15)20(25)27/h2-10,12H,11H2,1H3,(H2,22,23,24,26). The zero-order valence-electron chi connectivity index (χ0n) is 15.0. The van der Waals surface area contributed by atoms with Crippen LogP contribution in [0.15, 0.2) is 65.7 Å². The maximum atomic E-state index is 12.5. The van der Waals surface area contributed by atoms with Crippen LogP contribution in [0.5, 0.6) is 5.75 Å². The van der Waals surface area contributed by atoms with Crippen LogP contribution in [0.3, 0.4) is 0 Å². The molecule has 0 radical (unpaired) electrons. The number of methoxy groups -OCH3 is 1. The molecular weight excluding hydrogens is 358 g/mol. The van der Waals surface area contributed by atoms with Crippen molar-refractivity contribution in [1.82, 2.24) is 19.7 Å². The Morgan fingerprint density at radius 3 is 2.82 bits per heavy atom. The molecule has 0 aliphatic heterocycles. The first-order chi connectivity index (χ1) is 13.7. The number of amides is 1. The van der Waals surface area contributed by atoms with Gasteiger partial charge in [0.1, 0.15) is 12.3 Å². The first-order valence-corrected chi connectivity index (χ1v) is 8.58. The minimum absolute atomic E-state index is 0.159. The van der Waals surface area contributed by atoms with Crippen molar-refractivity contribution in [3.05, 3.63) is 71.3 Å². The van der Waals surface area contributed by atoms with Crippen LogP contribution >= 0.6 is 0 Å². The van der Waals surface area contributed by atoms with Crippen LogP contribution in [0, 0.1) is 0 Å². The molecule has 28 heavy (non-hydrogen) atoms. The average Bonchev–Trinajstić information content (AvgIpc) is 3.18. The molecule has 0 spiro atoms. The number of aromatic nitrogens is 4. The van der Waals surface area contributed by atoms with Gasteiger partial charge >= 0.3 is 0 Å². The molecule has 0 saturated carbocycles. The van der Waals surface area contributed by atoms with E-state index >= 15 is 0 Å². The van der Waals surface area contributed by atoms with Crippen LogP contribution < -0.4 is 15.6 Å². The molecule has 2 heterocycles. The number of aromatic amines is 1. The molecule has 0 bridgehead atoms. The number of hydrogen-bond acceptors (Lipinski definition) is 5. The van der Waals surface area contributed by atoms with Gasteiger partial charge < -0.3 is 10.1 Å². The van der Waals surface area contributed by atoms with E-state index in [1.165, 1.54) is 10.9 Å². The van der Waals surface area contributed by atoms with Gasteiger partial charge in [0.25, 0.3) is 5.56 Å². The van der Waals surface area contributed by atoms with Gasteiger partial charge in [-0.05, 0) is 24.3 Å². The van der Waals surface area contributed by atoms with Crippen LogP contribution in [-0.2, 0) is 11.3 Å². The highest BCUT2D eigenvalue weighted by molar-refractivity contribution is 5.90. The second kappa shape index (κ2) is 7.36. The van der Waals surface area contributed by atoms with Gasteiger partial charge in [0.15, 0.2) is 5.82 Å². The number of hydrogen-bond donors (Lipinski definition) is 2. The van der Waals surface area contributed by atoms with Crippen LogP contribution in [-0.4, -0.2) is 32.8 Å². The lowest BCUT2D eigenvalue weighted by atomic mass is 10.1. The van der Waals surface area contributed by atoms with E-state index in [0.29, 0.717) is 28.2 Å². The lowest BCUT2D eigenvalue weighted by molar-refractivity contribution is -0.116. The van der Waals surface area contributed by atoms with Crippen molar-refractivity contribution in [2.24, 2.45) is 0 Å². The van der Waals surface area contributed by atoms with E-state index in [1.807, 2.05) is 30.3 Å². The van der Waals surface area contributed by atoms with Gasteiger partial charge in [-0.1, -0.05) is 24.3 Å². The van der Waals surface area contributed by atoms with Gasteiger partial charge in [-0.25, -0.2) is 4.98 Å². The number of nitrogens with zero attached hydrogens (tertiary/aromatic N) is 3. The second-order valence-corrected chi connectivity index (χ2v) is 6.11. The van der Waals surface area contributed by atoms with Crippen molar-refractivity contribution in [3.8, 4) is 17.0 Å². The zero-order chi connectivity index (χ0) is 19.5. The molecule has 4 rings (SSSR count). The third-order valence-corrected chi connectivity index (χ3v) is 4.29. The van der Waals surface area contributed by atoms with E-state index in [9.17, 15) is 9.59 Å². The lowest BCUT2D eigenvalue weighted by Gasteiger charge is -2.06. The summed E-state index contributed by atoms with van der Waals surface area (Å²) in [5.41, 5.74) is 1.86. The van der Waals surface area contributed by atoms with Gasteiger partial charge in [-0.2, -0.15) is 5.10 Å². The molecule has 1 amide bonds. The molecule has 0 aliphatic rings. The quantitative estimate of drug-likeness (QED) is 0.558. The van der Waals surface area contributed by atoms with E-state index in [1.54, 1.807) is 31.4 Å². The maximum absolute atomic E-state index is 12.5. The van der Waals surface area contributed by atoms with Crippen molar-refractivity contribution in [2.45, 2.75) is 6.54 Å². The Morgan fingerprint density at radius 2 is 1.96 bits per heavy atom. The summed E-state index contributed by atoms with van der Waals surface area (Å²) >= 11 is 0. The Labute approximate surface area is 159 Å². The van der Waals surface area contributed by atoms with E-state index in [2.05, 4.69) is 20.5 Å². The lowest BCUT2D eigenvalue weighted by Crippen LogP contribution is -2.28. The van der Waals surface area contributed by atoms with Gasteiger partial charge in [0, 0.05) is 11.6 Å². The number of ether oxygens (including phenoxy) is 1. The minimum atomic E-state index is -0.378. The van der Waals surface area contributed by atoms with Gasteiger partial charge in [0.05, 0.1) is 30.0 Å². The number of rotatable bonds is 5. The van der Waals surface area contributed by atoms with Crippen LogP contribution in [0.1, 0.15) is 0 Å². The molecule has 2 N–H and O–H groups in total. The molecule has 0 fully saturated rings. The van der Waals surface area contributed by atoms with Crippen LogP contribution in [0.2, 0.25) is 0 Å². The minimum Gasteiger partial charge on any atom is -0.496 e. The molecule has 2 aromatic carbocycles. The Kier molecular flexibility index (Phi) is 4.59. The Hall–Kier alpha value is -3.94. The predicted octanol–water partition coefficient (Wildman–Crippen LogP) is 2.43. The summed E-state index contributed by atoms with van der Waals surface area (Å²) in [5, 5.41) is 10.1. The normalized spacial score (nSPS) is 10.8. The van der Waals surface area contributed by atoms with Crippen LogP contribution in [0.25, 0.3) is 22.2 Å². The Bertz CT molecular complexity index is 1210. The first kappa shape index (κ1) is 17.5. The van der Waals surface area contributed by atoms with Crippen molar-refractivity contribution in [3.63, 3.8) is 0 Å². The highest BCUT2D eigenvalue weighted by Crippen LogP contribution is 2.29. The first-order valence-electron chi connectivity index (χ1n) is 8.58. The Morgan fingerprint density at radius 1 is 1.18 bits per heavy atom. The average molecular weight is 375 g/mol. The second-order valence-electron chi connectivity index (χ2n) is 6.11. The molecule has 4 aromatic rings. The van der Waals surface area contributed by atoms with Gasteiger partial charge in [0.2, 0.25) is 5.91 Å². The number of fused-ring (bicyclic) bond motifs is 1. The van der Waals surface area contributed by atoms with E-state index in [4.69, 9.17) is 4.74 Å². The van der Waals surface area contributed by atoms with Crippen molar-refractivity contribution < 1.29 is 9.53 Å². The number of H-pyrrole nitrogens is 1. The van der Waals surface area contributed by atoms with Gasteiger partial charge in [-0.15, -0.1) is 0 Å². The molecule has 0 aliphatic carbocycles. The summed E-state index contributed by atoms with van der Waals surface area (Å²) in [4.78, 5) is 29.1. The van der Waals surface area contributed by atoms with Crippen molar-refractivity contribution in [2.75, 3.05) is 12.4 Å². The molecule has 0 unspecified atom stereocenters. The number of nitrogens with one attached hydrogen (secondary N) is 2. The highest BCUT2D eigenvalue weighted by atomic mass is 16.5. The predicted molar refractivity (Wildman–Crippen MR) is 105 cm³/mol. The van der Waals surface area contributed by atoms with Crippen LogP contribution in [0.4, 0.5) is 5.82 Å². The van der Waals surface area contributed by atoms with Gasteiger partial charge in [-0.3, -0.25) is 19.3 Å². The summed E-state index contributed by atoms with van der Waals surface area (Å²) in [7, 11) is 1.59. The largest absolute Gasteiger partial charge is 0.496 e. The molecule has 8 heteroatoms. The number of anilines is 1. The highest BCUT2D eigenvalue weighted by Gasteiger charge is 2.12. The summed E-state index contributed by atoms with van der Waals surface area (Å²) in [6.45, 7) is -0.159. The fourth-order valence-electron chi connectivity index (χ4n) is 2.95. The summed E-state index contributed by atoms with van der Waals surface area (Å²) in [5.74, 6) is 0.669. The number of para-hydroxylation sites is 2. The number of carbonyl (C=O) groups is 1. The van der Waals surface area contributed by atoms with E-state index < -0.39 is 0 Å². The fraction of sp³-hybridized carbons (Fsp3) is 0.100. The molecule has 140 valence electrons. The molecule has 8 nitrogen and oxygen atoms in total. The SMILES string of the molecule is COc1ccccc1-c1cc(NC(=O)Cn2cnc3ccccc3c2=O)n[nH]1. The maximum Gasteiger partial charge on any atom is 0.261 e. The monoisotopic (exact) mass is 375 g/mol. The Balaban J connectivity index is 1.51. The number of carbonyl (C=O) groups excluding carboxylic acids is 1. The topological polar surface area (TPSA) is 102 Å². The summed E-state index contributed by atoms with van der Waals surface area (Å²) < 4.78 is 6.61. The molecule has 0 saturated heterocycles. The molecular formula is C20H17N5O3. The van der Waals surface area contributed by atoms with E-state index in [0.717, 1.165) is 5.56 Å². The summed E-state index contributed by atoms with van der Waals surface area (Å²) in [6.07, 6.45) is 1.37. The zero-order valence-corrected chi connectivity index (χ0v) is 15.0. The summed E-state index contributed by atoms with van der Waals surface area (Å²) in [6, 6.07) is 16.2. The third kappa shape index (κ3) is 3.35. The number of benzene rings is 2. The smallest absolute Gasteiger partial charge is 0.261 e. The van der Waals surface area contributed by atoms with Crippen molar-refractivity contribution in [1.29, 1.82) is 0 Å². The molecule has 0 atom stereocenters.